The summed E-state index contributed by atoms with van der Waals surface area (Å²) >= 11 is 7.70. The summed E-state index contributed by atoms with van der Waals surface area (Å²) in [5.41, 5.74) is 0. The monoisotopic (exact) mass is 290 g/mol. The van der Waals surface area contributed by atoms with Crippen molar-refractivity contribution in [3.05, 3.63) is 0 Å². The van der Waals surface area contributed by atoms with Crippen LogP contribution >= 0.6 is 31.9 Å². The molecule has 0 aromatic rings. The molecule has 4 unspecified atom stereocenters. The molecule has 0 aromatic carbocycles. The van der Waals surface area contributed by atoms with Gasteiger partial charge in [-0.2, -0.15) is 0 Å². The van der Waals surface area contributed by atoms with Crippen LogP contribution in [0.2, 0.25) is 0 Å². The Morgan fingerprint density at radius 3 is 1.75 bits per heavy atom. The molecule has 0 aromatic heterocycles. The lowest BCUT2D eigenvalue weighted by Gasteiger charge is -2.90. The highest BCUT2D eigenvalue weighted by Gasteiger charge is 3.04. The predicted molar refractivity (Wildman–Crippen MR) is 50.3 cm³/mol. The van der Waals surface area contributed by atoms with E-state index in [1.807, 2.05) is 0 Å². The quantitative estimate of drug-likeness (QED) is 0.669. The van der Waals surface area contributed by atoms with Crippen LogP contribution in [0.1, 0.15) is 0 Å². The van der Waals surface area contributed by atoms with Crippen molar-refractivity contribution in [3.63, 3.8) is 0 Å². The Hall–Kier alpha value is 0.920. The van der Waals surface area contributed by atoms with Crippen molar-refractivity contribution in [2.24, 2.45) is 35.5 Å². The SMILES string of the molecule is O[C@H]1C2[C@@H]3[C@@H]4C5[C@@H]([C@H]2C53Br)C14Br. The van der Waals surface area contributed by atoms with Gasteiger partial charge in [0.15, 0.2) is 0 Å². The van der Waals surface area contributed by atoms with Gasteiger partial charge in [0, 0.05) is 4.32 Å². The van der Waals surface area contributed by atoms with Gasteiger partial charge in [0.25, 0.3) is 0 Å². The van der Waals surface area contributed by atoms with Crippen molar-refractivity contribution >= 4 is 31.9 Å². The first-order valence-corrected chi connectivity index (χ1v) is 6.29. The molecule has 1 N–H and O–H groups in total. The van der Waals surface area contributed by atoms with Crippen LogP contribution in [-0.2, 0) is 0 Å². The van der Waals surface area contributed by atoms with Crippen molar-refractivity contribution in [2.45, 2.75) is 14.8 Å². The second kappa shape index (κ2) is 1.24. The topological polar surface area (TPSA) is 20.2 Å². The van der Waals surface area contributed by atoms with Gasteiger partial charge in [0.05, 0.1) is 10.4 Å². The maximum atomic E-state index is 10.0. The Morgan fingerprint density at radius 1 is 0.833 bits per heavy atom. The van der Waals surface area contributed by atoms with Gasteiger partial charge in [-0.1, -0.05) is 31.9 Å². The number of alkyl halides is 2. The second-order valence-corrected chi connectivity index (χ2v) is 8.05. The van der Waals surface area contributed by atoms with Crippen LogP contribution in [0.15, 0.2) is 0 Å². The summed E-state index contributed by atoms with van der Waals surface area (Å²) in [5.74, 6) is 4.89. The fraction of sp³-hybridized carbons (Fsp3) is 1.00. The third kappa shape index (κ3) is 0.255. The molecule has 12 heavy (non-hydrogen) atoms. The van der Waals surface area contributed by atoms with E-state index in [0.717, 1.165) is 29.6 Å². The Kier molecular flexibility index (Phi) is 0.660. The highest BCUT2D eigenvalue weighted by molar-refractivity contribution is 9.10. The molecule has 0 radical (unpaired) electrons. The summed E-state index contributed by atoms with van der Waals surface area (Å²) in [4.78, 5) is 0. The molecule has 1 nitrogen and oxygen atoms in total. The third-order valence-electron chi connectivity index (χ3n) is 5.75. The minimum Gasteiger partial charge on any atom is -0.391 e. The predicted octanol–water partition coefficient (Wildman–Crippen LogP) is 1.38. The van der Waals surface area contributed by atoms with Crippen LogP contribution in [0.25, 0.3) is 0 Å². The average Bonchev–Trinajstić information content (AvgIpc) is 2.21. The number of hydrogen-bond acceptors (Lipinski definition) is 1. The van der Waals surface area contributed by atoms with Crippen molar-refractivity contribution in [1.82, 2.24) is 0 Å². The molecule has 3 heteroatoms. The van der Waals surface area contributed by atoms with Crippen LogP contribution < -0.4 is 0 Å². The second-order valence-electron chi connectivity index (χ2n) is 5.31. The van der Waals surface area contributed by atoms with Gasteiger partial charge in [-0.25, -0.2) is 0 Å². The van der Waals surface area contributed by atoms with Gasteiger partial charge in [-0.3, -0.25) is 0 Å². The molecule has 0 aliphatic heterocycles. The summed E-state index contributed by atoms with van der Waals surface area (Å²) in [6.45, 7) is 0. The summed E-state index contributed by atoms with van der Waals surface area (Å²) < 4.78 is 0.717. The maximum Gasteiger partial charge on any atom is 0.0733 e. The Bertz CT molecular complexity index is 315. The van der Waals surface area contributed by atoms with E-state index >= 15 is 0 Å². The number of halogens is 2. The van der Waals surface area contributed by atoms with E-state index < -0.39 is 0 Å². The average molecular weight is 292 g/mol. The number of hydrogen-bond donors (Lipinski definition) is 1. The van der Waals surface area contributed by atoms with Gasteiger partial charge in [0.2, 0.25) is 0 Å². The highest BCUT2D eigenvalue weighted by Crippen LogP contribution is 3.00. The fourth-order valence-corrected chi connectivity index (χ4v) is 8.85. The lowest BCUT2D eigenvalue weighted by Crippen LogP contribution is -2.93. The molecule has 0 saturated heterocycles. The lowest BCUT2D eigenvalue weighted by molar-refractivity contribution is -0.337. The van der Waals surface area contributed by atoms with Gasteiger partial charge < -0.3 is 5.11 Å². The zero-order valence-corrected chi connectivity index (χ0v) is 9.42. The molecule has 6 fully saturated rings. The molecular formula is C9H8Br2O. The summed E-state index contributed by atoms with van der Waals surface area (Å²) in [6, 6.07) is 0. The first-order chi connectivity index (χ1) is 5.64. The van der Waals surface area contributed by atoms with Crippen LogP contribution in [0.5, 0.6) is 0 Å². The molecule has 0 heterocycles. The van der Waals surface area contributed by atoms with Crippen molar-refractivity contribution < 1.29 is 5.11 Å². The van der Waals surface area contributed by atoms with E-state index in [1.165, 1.54) is 0 Å². The zero-order valence-electron chi connectivity index (χ0n) is 6.24. The minimum atomic E-state index is -0.0214. The fourth-order valence-electron chi connectivity index (χ4n) is 5.66. The third-order valence-corrected chi connectivity index (χ3v) is 8.86. The number of aliphatic hydroxyl groups excluding tert-OH is 1. The highest BCUT2D eigenvalue weighted by atomic mass is 79.9. The van der Waals surface area contributed by atoms with E-state index in [1.54, 1.807) is 0 Å². The van der Waals surface area contributed by atoms with E-state index in [-0.39, 0.29) is 10.4 Å². The van der Waals surface area contributed by atoms with Gasteiger partial charge >= 0.3 is 0 Å². The van der Waals surface area contributed by atoms with Gasteiger partial charge in [0.1, 0.15) is 0 Å². The molecule has 2 bridgehead atoms. The first kappa shape index (κ1) is 6.41. The minimum absolute atomic E-state index is 0.0214. The summed E-state index contributed by atoms with van der Waals surface area (Å²) in [7, 11) is 0. The smallest absolute Gasteiger partial charge is 0.0733 e. The van der Waals surface area contributed by atoms with E-state index in [9.17, 15) is 5.11 Å². The van der Waals surface area contributed by atoms with E-state index in [0.29, 0.717) is 10.2 Å². The first-order valence-electron chi connectivity index (χ1n) is 4.70. The molecule has 64 valence electrons. The van der Waals surface area contributed by atoms with E-state index in [4.69, 9.17) is 0 Å². The Morgan fingerprint density at radius 2 is 1.33 bits per heavy atom. The lowest BCUT2D eigenvalue weighted by atomic mass is 9.20. The Balaban J connectivity index is 1.84. The molecule has 6 aliphatic carbocycles. The van der Waals surface area contributed by atoms with Crippen molar-refractivity contribution in [1.29, 1.82) is 0 Å². The Labute approximate surface area is 87.2 Å². The number of aliphatic hydroxyl groups is 1. The van der Waals surface area contributed by atoms with Crippen LogP contribution in [0, 0.1) is 35.5 Å². The molecule has 6 aliphatic rings. The van der Waals surface area contributed by atoms with Crippen molar-refractivity contribution in [3.8, 4) is 0 Å². The van der Waals surface area contributed by atoms with Crippen LogP contribution in [0.3, 0.4) is 0 Å². The molecular weight excluding hydrogens is 284 g/mol. The molecule has 0 spiro atoms. The summed E-state index contributed by atoms with van der Waals surface area (Å²) in [6.07, 6.45) is -0.0214. The molecule has 0 amide bonds. The molecule has 9 atom stereocenters. The number of rotatable bonds is 0. The van der Waals surface area contributed by atoms with Gasteiger partial charge in [-0.15, -0.1) is 0 Å². The van der Waals surface area contributed by atoms with Crippen LogP contribution in [0.4, 0.5) is 0 Å². The van der Waals surface area contributed by atoms with Crippen LogP contribution in [-0.4, -0.2) is 19.9 Å². The zero-order chi connectivity index (χ0) is 8.04. The molecule has 6 rings (SSSR count). The maximum absolute atomic E-state index is 10.0. The van der Waals surface area contributed by atoms with Crippen molar-refractivity contribution in [2.75, 3.05) is 0 Å². The molecule has 6 saturated carbocycles. The largest absolute Gasteiger partial charge is 0.391 e. The normalized spacial score (nSPS) is 95.8. The van der Waals surface area contributed by atoms with Gasteiger partial charge in [-0.05, 0) is 35.5 Å². The standard InChI is InChI=1S/C9H8Br2O/c10-8-2-1-3(8)5-6(8)4(2)9(5,11)7(1)12/h1-7,12H/t1?,2-,3+,4-,5-,6?,7+,8?,9?/m1/s1. The van der Waals surface area contributed by atoms with E-state index in [2.05, 4.69) is 31.9 Å². The summed E-state index contributed by atoms with van der Waals surface area (Å²) in [5, 5.41) is 10.0.